The Hall–Kier alpha value is -2.70. The Bertz CT molecular complexity index is 657. The number of nitrogens with zero attached hydrogens (tertiary/aromatic N) is 1. The fourth-order valence-electron chi connectivity index (χ4n) is 2.34. The van der Waals surface area contributed by atoms with Gasteiger partial charge < -0.3 is 20.1 Å². The molecule has 1 atom stereocenters. The van der Waals surface area contributed by atoms with Crippen LogP contribution in [0, 0.1) is 0 Å². The second-order valence-electron chi connectivity index (χ2n) is 5.39. The van der Waals surface area contributed by atoms with E-state index in [1.54, 1.807) is 6.20 Å². The van der Waals surface area contributed by atoms with E-state index in [1.807, 2.05) is 31.2 Å². The van der Waals surface area contributed by atoms with Gasteiger partial charge in [-0.15, -0.1) is 0 Å². The molecule has 1 aromatic heterocycles. The Labute approximate surface area is 134 Å². The zero-order valence-corrected chi connectivity index (χ0v) is 13.0. The maximum atomic E-state index is 12.0. The lowest BCUT2D eigenvalue weighted by Gasteiger charge is -2.16. The second-order valence-corrected chi connectivity index (χ2v) is 5.39. The summed E-state index contributed by atoms with van der Waals surface area (Å²) in [5, 5.41) is 12.3. The first-order valence-electron chi connectivity index (χ1n) is 7.64. The molecular weight excluding hydrogens is 296 g/mol. The molecule has 2 amide bonds. The van der Waals surface area contributed by atoms with Crippen molar-refractivity contribution in [3.05, 3.63) is 41.7 Å². The first kappa shape index (κ1) is 15.2. The molecule has 0 radical (unpaired) electrons. The van der Waals surface area contributed by atoms with Crippen molar-refractivity contribution in [3.8, 4) is 11.5 Å². The molecule has 0 unspecified atom stereocenters. The Morgan fingerprint density at radius 3 is 2.91 bits per heavy atom. The van der Waals surface area contributed by atoms with Crippen molar-refractivity contribution in [2.24, 2.45) is 0 Å². The van der Waals surface area contributed by atoms with Crippen molar-refractivity contribution < 1.29 is 14.3 Å². The van der Waals surface area contributed by atoms with Crippen LogP contribution in [0.25, 0.3) is 0 Å². The van der Waals surface area contributed by atoms with Gasteiger partial charge in [-0.25, -0.2) is 4.79 Å². The molecular formula is C16H20N4O3. The smallest absolute Gasteiger partial charge is 0.315 e. The highest BCUT2D eigenvalue weighted by molar-refractivity contribution is 5.74. The summed E-state index contributed by atoms with van der Waals surface area (Å²) in [5.41, 5.74) is 1.81. The molecule has 0 saturated heterocycles. The molecule has 0 spiro atoms. The average molecular weight is 316 g/mol. The molecule has 1 aliphatic rings. The van der Waals surface area contributed by atoms with Crippen molar-refractivity contribution in [1.29, 1.82) is 0 Å². The molecule has 23 heavy (non-hydrogen) atoms. The molecule has 3 rings (SSSR count). The summed E-state index contributed by atoms with van der Waals surface area (Å²) < 4.78 is 11.3. The molecule has 2 aromatic rings. The largest absolute Gasteiger partial charge is 0.490 e. The summed E-state index contributed by atoms with van der Waals surface area (Å²) in [4.78, 5) is 12.0. The molecule has 0 bridgehead atoms. The molecule has 7 heteroatoms. The highest BCUT2D eigenvalue weighted by Gasteiger charge is 2.15. The van der Waals surface area contributed by atoms with Crippen molar-refractivity contribution in [1.82, 2.24) is 20.8 Å². The predicted octanol–water partition coefficient (Wildman–Crippen LogP) is 2.13. The first-order valence-corrected chi connectivity index (χ1v) is 7.64. The van der Waals surface area contributed by atoms with Gasteiger partial charge in [0, 0.05) is 12.6 Å². The monoisotopic (exact) mass is 316 g/mol. The highest BCUT2D eigenvalue weighted by Crippen LogP contribution is 2.32. The molecule has 122 valence electrons. The van der Waals surface area contributed by atoms with Crippen LogP contribution in [-0.4, -0.2) is 29.4 Å². The van der Waals surface area contributed by atoms with Crippen LogP contribution in [0.5, 0.6) is 11.5 Å². The quantitative estimate of drug-likeness (QED) is 0.806. The maximum absolute atomic E-state index is 12.0. The van der Waals surface area contributed by atoms with Gasteiger partial charge in [-0.05, 0) is 30.7 Å². The molecule has 7 nitrogen and oxygen atoms in total. The van der Waals surface area contributed by atoms with E-state index in [0.717, 1.165) is 29.2 Å². The van der Waals surface area contributed by atoms with E-state index < -0.39 is 0 Å². The molecule has 1 aromatic carbocycles. The third kappa shape index (κ3) is 3.94. The maximum Gasteiger partial charge on any atom is 0.315 e. The van der Waals surface area contributed by atoms with Gasteiger partial charge in [0.2, 0.25) is 0 Å². The number of carbonyl (C=O) groups is 1. The standard InChI is InChI=1S/C16H20N4O3/c1-11(19-16(21)17-10-13-5-6-18-20-13)12-3-4-14-15(9-12)23-8-2-7-22-14/h3-6,9,11H,2,7-8,10H2,1H3,(H,18,20)(H2,17,19,21)/t11-/m0/s1. The summed E-state index contributed by atoms with van der Waals surface area (Å²) >= 11 is 0. The van der Waals surface area contributed by atoms with Crippen LogP contribution in [0.2, 0.25) is 0 Å². The normalized spacial score (nSPS) is 14.7. The van der Waals surface area contributed by atoms with E-state index in [9.17, 15) is 4.79 Å². The minimum atomic E-state index is -0.237. The number of rotatable bonds is 4. The number of carbonyl (C=O) groups excluding carboxylic acids is 1. The minimum absolute atomic E-state index is 0.145. The van der Waals surface area contributed by atoms with Crippen LogP contribution in [0.1, 0.15) is 30.6 Å². The van der Waals surface area contributed by atoms with E-state index in [4.69, 9.17) is 9.47 Å². The van der Waals surface area contributed by atoms with Crippen LogP contribution in [0.3, 0.4) is 0 Å². The van der Waals surface area contributed by atoms with Crippen molar-refractivity contribution >= 4 is 6.03 Å². The van der Waals surface area contributed by atoms with Gasteiger partial charge in [0.1, 0.15) is 0 Å². The fourth-order valence-corrected chi connectivity index (χ4v) is 2.34. The topological polar surface area (TPSA) is 88.3 Å². The van der Waals surface area contributed by atoms with E-state index in [-0.39, 0.29) is 12.1 Å². The summed E-state index contributed by atoms with van der Waals surface area (Å²) in [6, 6.07) is 7.17. The van der Waals surface area contributed by atoms with Crippen molar-refractivity contribution in [3.63, 3.8) is 0 Å². The number of H-pyrrole nitrogens is 1. The van der Waals surface area contributed by atoms with Crippen molar-refractivity contribution in [2.45, 2.75) is 25.9 Å². The third-order valence-corrected chi connectivity index (χ3v) is 3.62. The number of hydrogen-bond acceptors (Lipinski definition) is 4. The van der Waals surface area contributed by atoms with Crippen LogP contribution in [0.4, 0.5) is 4.79 Å². The highest BCUT2D eigenvalue weighted by atomic mass is 16.5. The summed E-state index contributed by atoms with van der Waals surface area (Å²) in [6.07, 6.45) is 2.52. The van der Waals surface area contributed by atoms with Gasteiger partial charge in [0.05, 0.1) is 31.5 Å². The number of amides is 2. The van der Waals surface area contributed by atoms with Gasteiger partial charge in [0.25, 0.3) is 0 Å². The number of fused-ring (bicyclic) bond motifs is 1. The average Bonchev–Trinajstić information content (AvgIpc) is 2.96. The lowest BCUT2D eigenvalue weighted by atomic mass is 10.1. The second kappa shape index (κ2) is 7.04. The third-order valence-electron chi connectivity index (χ3n) is 3.62. The molecule has 2 heterocycles. The van der Waals surface area contributed by atoms with Crippen LogP contribution < -0.4 is 20.1 Å². The molecule has 0 saturated carbocycles. The number of nitrogens with one attached hydrogen (secondary N) is 3. The Morgan fingerprint density at radius 1 is 1.30 bits per heavy atom. The number of hydrogen-bond donors (Lipinski definition) is 3. The lowest BCUT2D eigenvalue weighted by Crippen LogP contribution is -2.36. The minimum Gasteiger partial charge on any atom is -0.490 e. The Kier molecular flexibility index (Phi) is 4.65. The first-order chi connectivity index (χ1) is 11.2. The zero-order chi connectivity index (χ0) is 16.1. The van der Waals surface area contributed by atoms with Crippen LogP contribution in [0.15, 0.2) is 30.5 Å². The molecule has 1 aliphatic heterocycles. The van der Waals surface area contributed by atoms with Gasteiger partial charge in [-0.3, -0.25) is 5.10 Å². The summed E-state index contributed by atoms with van der Waals surface area (Å²) in [5.74, 6) is 1.48. The number of aromatic amines is 1. The number of ether oxygens (including phenoxy) is 2. The van der Waals surface area contributed by atoms with E-state index in [1.165, 1.54) is 0 Å². The van der Waals surface area contributed by atoms with Gasteiger partial charge in [-0.2, -0.15) is 5.10 Å². The van der Waals surface area contributed by atoms with Crippen LogP contribution in [-0.2, 0) is 6.54 Å². The lowest BCUT2D eigenvalue weighted by molar-refractivity contribution is 0.237. The van der Waals surface area contributed by atoms with E-state index >= 15 is 0 Å². The Balaban J connectivity index is 1.58. The SMILES string of the molecule is C[C@H](NC(=O)NCc1ccn[nH]1)c1ccc2c(c1)OCCCO2. The zero-order valence-electron chi connectivity index (χ0n) is 13.0. The summed E-state index contributed by atoms with van der Waals surface area (Å²) in [6.45, 7) is 3.63. The van der Waals surface area contributed by atoms with Gasteiger partial charge >= 0.3 is 6.03 Å². The summed E-state index contributed by atoms with van der Waals surface area (Å²) in [7, 11) is 0. The number of urea groups is 1. The van der Waals surface area contributed by atoms with E-state index in [0.29, 0.717) is 19.8 Å². The van der Waals surface area contributed by atoms with E-state index in [2.05, 4.69) is 20.8 Å². The molecule has 3 N–H and O–H groups in total. The Morgan fingerprint density at radius 2 is 2.13 bits per heavy atom. The fraction of sp³-hybridized carbons (Fsp3) is 0.375. The number of aromatic nitrogens is 2. The number of benzene rings is 1. The molecule has 0 aliphatic carbocycles. The van der Waals surface area contributed by atoms with Crippen LogP contribution >= 0.6 is 0 Å². The van der Waals surface area contributed by atoms with Crippen molar-refractivity contribution in [2.75, 3.05) is 13.2 Å². The molecule has 0 fully saturated rings. The predicted molar refractivity (Wildman–Crippen MR) is 84.4 cm³/mol. The van der Waals surface area contributed by atoms with Gasteiger partial charge in [-0.1, -0.05) is 6.07 Å². The van der Waals surface area contributed by atoms with Gasteiger partial charge in [0.15, 0.2) is 11.5 Å².